The maximum atomic E-state index is 11.6. The number of esters is 1. The van der Waals surface area contributed by atoms with Crippen LogP contribution in [0.15, 0.2) is 46.8 Å². The van der Waals surface area contributed by atoms with Crippen LogP contribution >= 0.6 is 35.3 Å². The smallest absolute Gasteiger partial charge is 0.337 e. The zero-order valence-corrected chi connectivity index (χ0v) is 22.3. The minimum Gasteiger partial charge on any atom is -0.465 e. The second kappa shape index (κ2) is 13.8. The maximum Gasteiger partial charge on any atom is 0.337 e. The number of methoxy groups -OCH3 is 1. The number of ether oxygens (including phenoxy) is 1. The SMILES string of the molecule is CCNC(=NCC1CCCN(C)C1c1cccs1)NCCc1ccc(C(=O)OC)cc1.I. The van der Waals surface area contributed by atoms with Crippen LogP contribution in [-0.4, -0.2) is 57.2 Å². The van der Waals surface area contributed by atoms with Crippen LogP contribution in [0.4, 0.5) is 0 Å². The molecule has 2 atom stereocenters. The molecule has 3 rings (SSSR count). The van der Waals surface area contributed by atoms with Crippen LogP contribution in [0, 0.1) is 5.92 Å². The van der Waals surface area contributed by atoms with E-state index in [1.54, 1.807) is 0 Å². The van der Waals surface area contributed by atoms with Gasteiger partial charge in [0.15, 0.2) is 5.96 Å². The Morgan fingerprint density at radius 2 is 2.03 bits per heavy atom. The largest absolute Gasteiger partial charge is 0.465 e. The van der Waals surface area contributed by atoms with Gasteiger partial charge in [0, 0.05) is 30.6 Å². The number of nitrogens with one attached hydrogen (secondary N) is 2. The average molecular weight is 571 g/mol. The van der Waals surface area contributed by atoms with Gasteiger partial charge < -0.3 is 15.4 Å². The molecular weight excluding hydrogens is 535 g/mol. The topological polar surface area (TPSA) is 66.0 Å². The van der Waals surface area contributed by atoms with E-state index in [-0.39, 0.29) is 29.9 Å². The van der Waals surface area contributed by atoms with Gasteiger partial charge in [-0.25, -0.2) is 4.79 Å². The lowest BCUT2D eigenvalue weighted by molar-refractivity contribution is 0.0600. The summed E-state index contributed by atoms with van der Waals surface area (Å²) in [6.45, 7) is 5.67. The molecule has 1 aliphatic rings. The molecule has 6 nitrogen and oxygen atoms in total. The zero-order valence-electron chi connectivity index (χ0n) is 19.2. The molecule has 0 bridgehead atoms. The molecule has 1 fully saturated rings. The number of hydrogen-bond donors (Lipinski definition) is 2. The van der Waals surface area contributed by atoms with Crippen LogP contribution in [0.2, 0.25) is 0 Å². The van der Waals surface area contributed by atoms with E-state index in [0.29, 0.717) is 17.5 Å². The standard InChI is InChI=1S/C24H34N4O2S.HI/c1-4-25-24(26-14-13-18-9-11-19(12-10-18)23(29)30-3)27-17-20-7-5-15-28(2)22(20)21-8-6-16-31-21;/h6,8-12,16,20,22H,4-5,7,13-15,17H2,1-3H3,(H2,25,26,27);1H. The molecule has 2 heterocycles. The maximum absolute atomic E-state index is 11.6. The van der Waals surface area contributed by atoms with Gasteiger partial charge in [-0.05, 0) is 74.8 Å². The van der Waals surface area contributed by atoms with Crippen molar-refractivity contribution in [2.75, 3.05) is 40.3 Å². The van der Waals surface area contributed by atoms with Crippen LogP contribution < -0.4 is 10.6 Å². The van der Waals surface area contributed by atoms with Crippen molar-refractivity contribution in [1.29, 1.82) is 0 Å². The Balaban J connectivity index is 0.00000363. The molecular formula is C24H35IN4O2S. The van der Waals surface area contributed by atoms with Gasteiger partial charge in [-0.2, -0.15) is 0 Å². The number of aliphatic imine (C=N–C) groups is 1. The summed E-state index contributed by atoms with van der Waals surface area (Å²) in [6, 6.07) is 12.4. The lowest BCUT2D eigenvalue weighted by Gasteiger charge is -2.38. The van der Waals surface area contributed by atoms with E-state index in [1.807, 2.05) is 35.6 Å². The van der Waals surface area contributed by atoms with E-state index in [1.165, 1.54) is 30.4 Å². The number of hydrogen-bond acceptors (Lipinski definition) is 5. The summed E-state index contributed by atoms with van der Waals surface area (Å²) in [7, 11) is 3.63. The number of guanidine groups is 1. The van der Waals surface area contributed by atoms with Gasteiger partial charge in [0.2, 0.25) is 0 Å². The molecule has 0 aliphatic carbocycles. The lowest BCUT2D eigenvalue weighted by atomic mass is 9.88. The van der Waals surface area contributed by atoms with Gasteiger partial charge >= 0.3 is 5.97 Å². The minimum absolute atomic E-state index is 0. The Labute approximate surface area is 212 Å². The number of carbonyl (C=O) groups excluding carboxylic acids is 1. The van der Waals surface area contributed by atoms with Crippen molar-refractivity contribution in [2.24, 2.45) is 10.9 Å². The van der Waals surface area contributed by atoms with E-state index in [0.717, 1.165) is 38.6 Å². The summed E-state index contributed by atoms with van der Waals surface area (Å²) in [6.07, 6.45) is 3.29. The first-order valence-electron chi connectivity index (χ1n) is 11.1. The molecule has 0 saturated carbocycles. The second-order valence-corrected chi connectivity index (χ2v) is 8.91. The summed E-state index contributed by atoms with van der Waals surface area (Å²) in [5.74, 6) is 1.09. The van der Waals surface area contributed by atoms with Crippen molar-refractivity contribution >= 4 is 47.2 Å². The molecule has 176 valence electrons. The Morgan fingerprint density at radius 3 is 2.69 bits per heavy atom. The molecule has 0 spiro atoms. The number of rotatable bonds is 8. The molecule has 0 amide bonds. The third kappa shape index (κ3) is 7.45. The molecule has 0 radical (unpaired) electrons. The molecule has 8 heteroatoms. The number of halogens is 1. The molecule has 1 aromatic heterocycles. The third-order valence-electron chi connectivity index (χ3n) is 5.75. The summed E-state index contributed by atoms with van der Waals surface area (Å²) < 4.78 is 4.75. The van der Waals surface area contributed by atoms with Gasteiger partial charge in [0.1, 0.15) is 0 Å². The van der Waals surface area contributed by atoms with Gasteiger partial charge in [-0.15, -0.1) is 35.3 Å². The quantitative estimate of drug-likeness (QED) is 0.214. The Morgan fingerprint density at radius 1 is 1.25 bits per heavy atom. The average Bonchev–Trinajstić information content (AvgIpc) is 3.31. The number of benzene rings is 1. The van der Waals surface area contributed by atoms with Crippen LogP contribution in [-0.2, 0) is 11.2 Å². The number of likely N-dealkylation sites (tertiary alicyclic amines) is 1. The first kappa shape index (κ1) is 26.6. The van der Waals surface area contributed by atoms with Crippen molar-refractivity contribution < 1.29 is 9.53 Å². The summed E-state index contributed by atoms with van der Waals surface area (Å²) >= 11 is 1.85. The molecule has 2 N–H and O–H groups in total. The summed E-state index contributed by atoms with van der Waals surface area (Å²) in [5.41, 5.74) is 1.74. The Bertz CT molecular complexity index is 842. The van der Waals surface area contributed by atoms with Crippen molar-refractivity contribution in [3.63, 3.8) is 0 Å². The minimum atomic E-state index is -0.305. The number of nitrogens with zero attached hydrogens (tertiary/aromatic N) is 2. The fourth-order valence-electron chi connectivity index (χ4n) is 4.16. The lowest BCUT2D eigenvalue weighted by Crippen LogP contribution is -2.40. The second-order valence-electron chi connectivity index (χ2n) is 7.93. The fourth-order valence-corrected chi connectivity index (χ4v) is 5.14. The van der Waals surface area contributed by atoms with E-state index in [9.17, 15) is 4.79 Å². The van der Waals surface area contributed by atoms with Crippen LogP contribution in [0.1, 0.15) is 46.6 Å². The molecule has 1 aromatic carbocycles. The molecule has 1 saturated heterocycles. The first-order chi connectivity index (χ1) is 15.1. The van der Waals surface area contributed by atoms with E-state index >= 15 is 0 Å². The summed E-state index contributed by atoms with van der Waals surface area (Å²) in [4.78, 5) is 20.4. The fraction of sp³-hybridized carbons (Fsp3) is 0.500. The molecule has 2 unspecified atom stereocenters. The predicted molar refractivity (Wildman–Crippen MR) is 143 cm³/mol. The molecule has 2 aromatic rings. The first-order valence-corrected chi connectivity index (χ1v) is 11.9. The predicted octanol–water partition coefficient (Wildman–Crippen LogP) is 4.33. The summed E-state index contributed by atoms with van der Waals surface area (Å²) in [5, 5.41) is 8.99. The van der Waals surface area contributed by atoms with Gasteiger partial charge in [0.25, 0.3) is 0 Å². The van der Waals surface area contributed by atoms with Crippen molar-refractivity contribution in [3.05, 3.63) is 57.8 Å². The van der Waals surface area contributed by atoms with Crippen LogP contribution in [0.3, 0.4) is 0 Å². The highest BCUT2D eigenvalue weighted by Crippen LogP contribution is 2.37. The highest BCUT2D eigenvalue weighted by molar-refractivity contribution is 14.0. The molecule has 32 heavy (non-hydrogen) atoms. The Kier molecular flexibility index (Phi) is 11.5. The van der Waals surface area contributed by atoms with Crippen molar-refractivity contribution in [1.82, 2.24) is 15.5 Å². The monoisotopic (exact) mass is 570 g/mol. The van der Waals surface area contributed by atoms with Crippen LogP contribution in [0.5, 0.6) is 0 Å². The molecule has 1 aliphatic heterocycles. The van der Waals surface area contributed by atoms with E-state index < -0.39 is 0 Å². The van der Waals surface area contributed by atoms with E-state index in [2.05, 4.69) is 47.0 Å². The van der Waals surface area contributed by atoms with Crippen molar-refractivity contribution in [3.8, 4) is 0 Å². The van der Waals surface area contributed by atoms with E-state index in [4.69, 9.17) is 9.73 Å². The zero-order chi connectivity index (χ0) is 22.1. The third-order valence-corrected chi connectivity index (χ3v) is 6.69. The van der Waals surface area contributed by atoms with Crippen LogP contribution in [0.25, 0.3) is 0 Å². The normalized spacial score (nSPS) is 19.2. The van der Waals surface area contributed by atoms with Gasteiger partial charge in [0.05, 0.1) is 12.7 Å². The number of thiophene rings is 1. The highest BCUT2D eigenvalue weighted by Gasteiger charge is 2.31. The van der Waals surface area contributed by atoms with Gasteiger partial charge in [-0.1, -0.05) is 18.2 Å². The number of carbonyl (C=O) groups is 1. The van der Waals surface area contributed by atoms with Gasteiger partial charge in [-0.3, -0.25) is 9.89 Å². The number of piperidine rings is 1. The highest BCUT2D eigenvalue weighted by atomic mass is 127. The Hall–Kier alpha value is -1.65. The van der Waals surface area contributed by atoms with Crippen molar-refractivity contribution in [2.45, 2.75) is 32.2 Å².